The Morgan fingerprint density at radius 1 is 1.00 bits per heavy atom. The number of carbonyl (C=O) groups excluding carboxylic acids is 3. The van der Waals surface area contributed by atoms with Crippen LogP contribution in [0, 0.1) is 0 Å². The Hall–Kier alpha value is -3.04. The summed E-state index contributed by atoms with van der Waals surface area (Å²) in [6.45, 7) is 5.94. The van der Waals surface area contributed by atoms with Crippen LogP contribution < -0.4 is 5.32 Å². The summed E-state index contributed by atoms with van der Waals surface area (Å²) in [7, 11) is 0. The average molecular weight is 538 g/mol. The number of thioether (sulfide) groups is 1. The summed E-state index contributed by atoms with van der Waals surface area (Å²) in [5, 5.41) is 6.52. The van der Waals surface area contributed by atoms with Crippen molar-refractivity contribution in [3.63, 3.8) is 0 Å². The molecular formula is C29H39N5O3S. The Balaban J connectivity index is 1.50. The monoisotopic (exact) mass is 537 g/mol. The average Bonchev–Trinajstić information content (AvgIpc) is 2.94. The van der Waals surface area contributed by atoms with Crippen LogP contribution in [-0.4, -0.2) is 81.8 Å². The molecule has 2 heterocycles. The Morgan fingerprint density at radius 3 is 2.34 bits per heavy atom. The lowest BCUT2D eigenvalue weighted by molar-refractivity contribution is -0.190. The number of urea groups is 1. The molecule has 0 aliphatic carbocycles. The van der Waals surface area contributed by atoms with Gasteiger partial charge < -0.3 is 15.1 Å². The maximum absolute atomic E-state index is 13.6. The molecule has 4 rings (SSSR count). The quantitative estimate of drug-likeness (QED) is 0.440. The van der Waals surface area contributed by atoms with Gasteiger partial charge in [0.1, 0.15) is 12.2 Å². The molecule has 4 amide bonds. The second kappa shape index (κ2) is 13.7. The Morgan fingerprint density at radius 2 is 1.68 bits per heavy atom. The van der Waals surface area contributed by atoms with Crippen LogP contribution in [0.2, 0.25) is 0 Å². The van der Waals surface area contributed by atoms with Crippen molar-refractivity contribution in [2.75, 3.05) is 31.9 Å². The number of hydrazine groups is 1. The minimum atomic E-state index is -0.538. The van der Waals surface area contributed by atoms with Crippen LogP contribution in [0.4, 0.5) is 4.79 Å². The molecule has 0 aromatic heterocycles. The first-order valence-electron chi connectivity index (χ1n) is 13.6. The third-order valence-electron chi connectivity index (χ3n) is 7.14. The van der Waals surface area contributed by atoms with Crippen LogP contribution in [0.3, 0.4) is 0 Å². The normalized spacial score (nSPS) is 20.0. The van der Waals surface area contributed by atoms with Crippen molar-refractivity contribution < 1.29 is 14.4 Å². The highest BCUT2D eigenvalue weighted by Crippen LogP contribution is 2.29. The number of carbonyl (C=O) groups is 3. The van der Waals surface area contributed by atoms with Crippen molar-refractivity contribution in [3.8, 4) is 0 Å². The third-order valence-corrected chi connectivity index (χ3v) is 8.15. The predicted molar refractivity (Wildman–Crippen MR) is 151 cm³/mol. The second-order valence-corrected chi connectivity index (χ2v) is 10.8. The van der Waals surface area contributed by atoms with E-state index < -0.39 is 12.2 Å². The van der Waals surface area contributed by atoms with Gasteiger partial charge in [0.25, 0.3) is 0 Å². The first-order valence-corrected chi connectivity index (χ1v) is 14.8. The van der Waals surface area contributed by atoms with Crippen molar-refractivity contribution >= 4 is 29.6 Å². The van der Waals surface area contributed by atoms with Crippen molar-refractivity contribution in [1.82, 2.24) is 25.1 Å². The molecule has 2 aromatic carbocycles. The maximum Gasteiger partial charge on any atom is 0.334 e. The van der Waals surface area contributed by atoms with Crippen molar-refractivity contribution in [2.24, 2.45) is 0 Å². The molecule has 2 fully saturated rings. The second-order valence-electron chi connectivity index (χ2n) is 9.73. The number of piperazine rings is 1. The molecule has 2 aliphatic rings. The van der Waals surface area contributed by atoms with E-state index in [-0.39, 0.29) is 24.4 Å². The number of rotatable bonds is 11. The predicted octanol–water partition coefficient (Wildman–Crippen LogP) is 3.94. The van der Waals surface area contributed by atoms with Gasteiger partial charge in [0, 0.05) is 31.1 Å². The van der Waals surface area contributed by atoms with E-state index in [1.165, 1.54) is 5.56 Å². The number of nitrogens with zero attached hydrogens (tertiary/aromatic N) is 4. The van der Waals surface area contributed by atoms with E-state index >= 15 is 0 Å². The van der Waals surface area contributed by atoms with Gasteiger partial charge >= 0.3 is 6.03 Å². The summed E-state index contributed by atoms with van der Waals surface area (Å²) in [5.74, 6) is 1.59. The molecule has 204 valence electrons. The van der Waals surface area contributed by atoms with Gasteiger partial charge in [-0.15, -0.1) is 0 Å². The van der Waals surface area contributed by atoms with E-state index in [9.17, 15) is 14.4 Å². The zero-order valence-electron chi connectivity index (χ0n) is 22.4. The lowest BCUT2D eigenvalue weighted by Crippen LogP contribution is -2.76. The highest BCUT2D eigenvalue weighted by atomic mass is 32.2. The molecule has 0 spiro atoms. The number of amides is 4. The zero-order valence-corrected chi connectivity index (χ0v) is 23.2. The molecule has 2 aromatic rings. The van der Waals surface area contributed by atoms with E-state index in [0.29, 0.717) is 32.6 Å². The number of unbranched alkanes of at least 4 members (excludes halogenated alkanes) is 1. The van der Waals surface area contributed by atoms with Crippen LogP contribution in [0.5, 0.6) is 0 Å². The lowest BCUT2D eigenvalue weighted by atomic mass is 10.0. The number of fused-ring (bicyclic) bond motifs is 1. The summed E-state index contributed by atoms with van der Waals surface area (Å²) < 4.78 is 0. The fourth-order valence-electron chi connectivity index (χ4n) is 5.13. The van der Waals surface area contributed by atoms with E-state index in [2.05, 4.69) is 24.4 Å². The minimum absolute atomic E-state index is 0.00190. The van der Waals surface area contributed by atoms with Crippen LogP contribution in [0.15, 0.2) is 60.7 Å². The first kappa shape index (κ1) is 28.0. The van der Waals surface area contributed by atoms with Gasteiger partial charge in [-0.3, -0.25) is 9.59 Å². The molecule has 0 unspecified atom stereocenters. The van der Waals surface area contributed by atoms with Crippen molar-refractivity contribution in [3.05, 3.63) is 71.8 Å². The molecule has 38 heavy (non-hydrogen) atoms. The summed E-state index contributed by atoms with van der Waals surface area (Å²) in [4.78, 5) is 44.1. The molecule has 0 radical (unpaired) electrons. The van der Waals surface area contributed by atoms with Crippen LogP contribution >= 0.6 is 11.8 Å². The molecule has 9 heteroatoms. The van der Waals surface area contributed by atoms with Gasteiger partial charge in [-0.25, -0.2) is 14.8 Å². The summed E-state index contributed by atoms with van der Waals surface area (Å²) in [5.41, 5.74) is 2.26. The molecular weight excluding hydrogens is 498 g/mol. The van der Waals surface area contributed by atoms with E-state index in [0.717, 1.165) is 29.9 Å². The number of nitrogens with one attached hydrogen (secondary N) is 1. The van der Waals surface area contributed by atoms with E-state index in [1.807, 2.05) is 60.4 Å². The zero-order chi connectivity index (χ0) is 26.9. The summed E-state index contributed by atoms with van der Waals surface area (Å²) in [6, 6.07) is 19.3. The van der Waals surface area contributed by atoms with E-state index in [4.69, 9.17) is 0 Å². The number of benzene rings is 2. The van der Waals surface area contributed by atoms with Crippen LogP contribution in [0.25, 0.3) is 0 Å². The Kier molecular flexibility index (Phi) is 10.1. The van der Waals surface area contributed by atoms with Gasteiger partial charge in [-0.05, 0) is 17.5 Å². The van der Waals surface area contributed by atoms with E-state index in [1.54, 1.807) is 26.7 Å². The molecule has 0 bridgehead atoms. The SMILES string of the molecule is CCCC[C@H]1C(=O)N(CCSCc2ccccc2)C[C@H]2N1C(=O)CN(CC)N2C(=O)NCc1ccccc1. The van der Waals surface area contributed by atoms with Crippen molar-refractivity contribution in [1.29, 1.82) is 0 Å². The first-order chi connectivity index (χ1) is 18.5. The third kappa shape index (κ3) is 6.69. The van der Waals surface area contributed by atoms with Crippen LogP contribution in [0.1, 0.15) is 44.2 Å². The highest BCUT2D eigenvalue weighted by molar-refractivity contribution is 7.98. The highest BCUT2D eigenvalue weighted by Gasteiger charge is 2.50. The molecule has 2 aliphatic heterocycles. The standard InChI is InChI=1S/C29H39N5O3S/c1-3-5-16-25-28(36)31(17-18-38-22-24-14-10-7-11-15-24)20-26-33(25)27(35)21-32(4-2)34(26)29(37)30-19-23-12-8-6-9-13-23/h6-15,25-26H,3-5,16-22H2,1-2H3,(H,30,37)/t25-,26-/m0/s1. The molecule has 0 saturated carbocycles. The number of likely N-dealkylation sites (N-methyl/N-ethyl adjacent to an activating group) is 1. The number of hydrogen-bond donors (Lipinski definition) is 1. The summed E-state index contributed by atoms with van der Waals surface area (Å²) in [6.07, 6.45) is 1.87. The van der Waals surface area contributed by atoms with Gasteiger partial charge in [0.05, 0.1) is 13.1 Å². The largest absolute Gasteiger partial charge is 0.336 e. The molecule has 2 atom stereocenters. The fourth-order valence-corrected chi connectivity index (χ4v) is 6.06. The molecule has 2 saturated heterocycles. The van der Waals surface area contributed by atoms with Gasteiger partial charge in [-0.1, -0.05) is 87.4 Å². The lowest BCUT2D eigenvalue weighted by Gasteiger charge is -2.55. The Labute approximate surface area is 230 Å². The molecule has 8 nitrogen and oxygen atoms in total. The molecule has 1 N–H and O–H groups in total. The maximum atomic E-state index is 13.6. The van der Waals surface area contributed by atoms with Crippen LogP contribution in [-0.2, 0) is 21.9 Å². The smallest absolute Gasteiger partial charge is 0.334 e. The van der Waals surface area contributed by atoms with Crippen molar-refractivity contribution in [2.45, 2.75) is 57.6 Å². The van der Waals surface area contributed by atoms with Gasteiger partial charge in [-0.2, -0.15) is 11.8 Å². The fraction of sp³-hybridized carbons (Fsp3) is 0.483. The van der Waals surface area contributed by atoms with Gasteiger partial charge in [0.15, 0.2) is 0 Å². The number of hydrogen-bond acceptors (Lipinski definition) is 5. The topological polar surface area (TPSA) is 76.2 Å². The summed E-state index contributed by atoms with van der Waals surface area (Å²) >= 11 is 1.79. The minimum Gasteiger partial charge on any atom is -0.336 e. The Bertz CT molecular complexity index is 1070. The van der Waals surface area contributed by atoms with Gasteiger partial charge in [0.2, 0.25) is 11.8 Å².